The molecule has 2 aromatic rings. The lowest BCUT2D eigenvalue weighted by Crippen LogP contribution is -2.22. The van der Waals surface area contributed by atoms with Crippen molar-refractivity contribution in [2.24, 2.45) is 0 Å². The van der Waals surface area contributed by atoms with Crippen LogP contribution in [0.1, 0.15) is 36.6 Å². The standard InChI is InChI=1S/C11H14ClN3S/c1-7(9-3-4-10(12)16-9)15-8(2)11-13-5-6-14-11/h3-8,15H,1-2H3,(H,13,14). The van der Waals surface area contributed by atoms with E-state index in [0.29, 0.717) is 0 Å². The van der Waals surface area contributed by atoms with Gasteiger partial charge in [0.2, 0.25) is 0 Å². The van der Waals surface area contributed by atoms with Gasteiger partial charge in [-0.25, -0.2) is 4.98 Å². The first-order valence-corrected chi connectivity index (χ1v) is 6.37. The molecule has 0 spiro atoms. The molecule has 2 atom stereocenters. The molecular formula is C11H14ClN3S. The zero-order chi connectivity index (χ0) is 11.5. The average Bonchev–Trinajstić information content (AvgIpc) is 2.87. The second-order valence-electron chi connectivity index (χ2n) is 3.73. The second-order valence-corrected chi connectivity index (χ2v) is 5.47. The predicted molar refractivity (Wildman–Crippen MR) is 67.9 cm³/mol. The lowest BCUT2D eigenvalue weighted by atomic mass is 10.2. The van der Waals surface area contributed by atoms with Gasteiger partial charge in [0.15, 0.2) is 0 Å². The number of H-pyrrole nitrogens is 1. The molecule has 5 heteroatoms. The molecule has 2 rings (SSSR count). The Morgan fingerprint density at radius 2 is 2.19 bits per heavy atom. The number of nitrogens with zero attached hydrogens (tertiary/aromatic N) is 1. The first-order chi connectivity index (χ1) is 7.66. The topological polar surface area (TPSA) is 40.7 Å². The third-order valence-electron chi connectivity index (χ3n) is 2.45. The summed E-state index contributed by atoms with van der Waals surface area (Å²) < 4.78 is 0.828. The average molecular weight is 256 g/mol. The van der Waals surface area contributed by atoms with E-state index in [4.69, 9.17) is 11.6 Å². The van der Waals surface area contributed by atoms with Crippen LogP contribution >= 0.6 is 22.9 Å². The molecular weight excluding hydrogens is 242 g/mol. The largest absolute Gasteiger partial charge is 0.347 e. The van der Waals surface area contributed by atoms with Crippen LogP contribution in [0.5, 0.6) is 0 Å². The van der Waals surface area contributed by atoms with Gasteiger partial charge in [0.1, 0.15) is 5.82 Å². The summed E-state index contributed by atoms with van der Waals surface area (Å²) >= 11 is 7.52. The zero-order valence-electron chi connectivity index (χ0n) is 9.20. The van der Waals surface area contributed by atoms with E-state index in [9.17, 15) is 0 Å². The fourth-order valence-corrected chi connectivity index (χ4v) is 2.68. The molecule has 2 N–H and O–H groups in total. The maximum Gasteiger partial charge on any atom is 0.122 e. The maximum absolute atomic E-state index is 5.91. The Hall–Kier alpha value is -0.840. The molecule has 0 saturated heterocycles. The molecule has 0 aliphatic heterocycles. The van der Waals surface area contributed by atoms with Gasteiger partial charge in [-0.3, -0.25) is 0 Å². The molecule has 16 heavy (non-hydrogen) atoms. The highest BCUT2D eigenvalue weighted by Gasteiger charge is 2.13. The van der Waals surface area contributed by atoms with Crippen molar-refractivity contribution in [3.05, 3.63) is 39.6 Å². The van der Waals surface area contributed by atoms with Gasteiger partial charge >= 0.3 is 0 Å². The Labute approximate surface area is 104 Å². The van der Waals surface area contributed by atoms with E-state index in [1.54, 1.807) is 17.5 Å². The van der Waals surface area contributed by atoms with Gasteiger partial charge in [0.05, 0.1) is 10.4 Å². The number of aromatic amines is 1. The number of halogens is 1. The van der Waals surface area contributed by atoms with E-state index in [-0.39, 0.29) is 12.1 Å². The van der Waals surface area contributed by atoms with E-state index in [0.717, 1.165) is 10.2 Å². The number of hydrogen-bond acceptors (Lipinski definition) is 3. The maximum atomic E-state index is 5.91. The van der Waals surface area contributed by atoms with Gasteiger partial charge in [-0.2, -0.15) is 0 Å². The van der Waals surface area contributed by atoms with Crippen LogP contribution in [0.25, 0.3) is 0 Å². The number of thiophene rings is 1. The highest BCUT2D eigenvalue weighted by molar-refractivity contribution is 7.16. The van der Waals surface area contributed by atoms with Crippen LogP contribution in [0.2, 0.25) is 4.34 Å². The first-order valence-electron chi connectivity index (χ1n) is 5.17. The molecule has 0 amide bonds. The van der Waals surface area contributed by atoms with Crippen molar-refractivity contribution in [3.8, 4) is 0 Å². The predicted octanol–water partition coefficient (Wildman–Crippen LogP) is 3.54. The molecule has 2 unspecified atom stereocenters. The van der Waals surface area contributed by atoms with E-state index in [1.807, 2.05) is 12.3 Å². The lowest BCUT2D eigenvalue weighted by Gasteiger charge is -2.17. The van der Waals surface area contributed by atoms with E-state index in [1.165, 1.54) is 4.88 Å². The summed E-state index contributed by atoms with van der Waals surface area (Å²) in [6, 6.07) is 4.46. The Balaban J connectivity index is 2.00. The van der Waals surface area contributed by atoms with Crippen LogP contribution in [0, 0.1) is 0 Å². The van der Waals surface area contributed by atoms with Gasteiger partial charge in [-0.1, -0.05) is 11.6 Å². The molecule has 0 saturated carbocycles. The van der Waals surface area contributed by atoms with E-state index < -0.39 is 0 Å². The molecule has 0 fully saturated rings. The van der Waals surface area contributed by atoms with Crippen LogP contribution in [-0.4, -0.2) is 9.97 Å². The van der Waals surface area contributed by atoms with Crippen molar-refractivity contribution in [2.75, 3.05) is 0 Å². The zero-order valence-corrected chi connectivity index (χ0v) is 10.8. The van der Waals surface area contributed by atoms with Gasteiger partial charge < -0.3 is 10.3 Å². The summed E-state index contributed by atoms with van der Waals surface area (Å²) in [5.74, 6) is 0.953. The van der Waals surface area contributed by atoms with Crippen LogP contribution in [0.3, 0.4) is 0 Å². The third kappa shape index (κ3) is 2.64. The number of rotatable bonds is 4. The number of hydrogen-bond donors (Lipinski definition) is 2. The van der Waals surface area contributed by atoms with Crippen molar-refractivity contribution in [2.45, 2.75) is 25.9 Å². The monoisotopic (exact) mass is 255 g/mol. The smallest absolute Gasteiger partial charge is 0.122 e. The number of imidazole rings is 1. The Morgan fingerprint density at radius 3 is 2.75 bits per heavy atom. The summed E-state index contributed by atoms with van der Waals surface area (Å²) in [5.41, 5.74) is 0. The summed E-state index contributed by atoms with van der Waals surface area (Å²) in [4.78, 5) is 8.57. The number of aromatic nitrogens is 2. The first kappa shape index (κ1) is 11.6. The molecule has 86 valence electrons. The van der Waals surface area contributed by atoms with Gasteiger partial charge in [0.25, 0.3) is 0 Å². The van der Waals surface area contributed by atoms with Crippen molar-refractivity contribution in [1.29, 1.82) is 0 Å². The molecule has 0 aromatic carbocycles. The van der Waals surface area contributed by atoms with Crippen molar-refractivity contribution in [3.63, 3.8) is 0 Å². The highest BCUT2D eigenvalue weighted by atomic mass is 35.5. The Kier molecular flexibility index (Phi) is 3.63. The van der Waals surface area contributed by atoms with Gasteiger partial charge in [-0.15, -0.1) is 11.3 Å². The molecule has 0 radical (unpaired) electrons. The minimum absolute atomic E-state index is 0.200. The number of nitrogens with one attached hydrogen (secondary N) is 2. The Bertz CT molecular complexity index is 438. The third-order valence-corrected chi connectivity index (χ3v) is 3.86. The molecule has 0 aliphatic carbocycles. The minimum Gasteiger partial charge on any atom is -0.347 e. The summed E-state index contributed by atoms with van der Waals surface area (Å²) in [5, 5.41) is 3.47. The normalized spacial score (nSPS) is 14.9. The van der Waals surface area contributed by atoms with E-state index >= 15 is 0 Å². The quantitative estimate of drug-likeness (QED) is 0.877. The van der Waals surface area contributed by atoms with Crippen LogP contribution in [-0.2, 0) is 0 Å². The molecule has 2 aromatic heterocycles. The van der Waals surface area contributed by atoms with Crippen molar-refractivity contribution >= 4 is 22.9 Å². The van der Waals surface area contributed by atoms with Crippen LogP contribution in [0.4, 0.5) is 0 Å². The van der Waals surface area contributed by atoms with Crippen LogP contribution in [0.15, 0.2) is 24.5 Å². The lowest BCUT2D eigenvalue weighted by molar-refractivity contribution is 0.484. The fourth-order valence-electron chi connectivity index (χ4n) is 1.61. The minimum atomic E-state index is 0.200. The van der Waals surface area contributed by atoms with Crippen molar-refractivity contribution in [1.82, 2.24) is 15.3 Å². The SMILES string of the molecule is CC(NC(C)c1ccc(Cl)s1)c1ncc[nH]1. The van der Waals surface area contributed by atoms with Crippen LogP contribution < -0.4 is 5.32 Å². The van der Waals surface area contributed by atoms with Crippen molar-refractivity contribution < 1.29 is 0 Å². The summed E-state index contributed by atoms with van der Waals surface area (Å²) in [6.45, 7) is 4.21. The molecule has 2 heterocycles. The molecule has 0 aliphatic rings. The highest BCUT2D eigenvalue weighted by Crippen LogP contribution is 2.27. The Morgan fingerprint density at radius 1 is 1.38 bits per heavy atom. The summed E-state index contributed by atoms with van der Waals surface area (Å²) in [7, 11) is 0. The van der Waals surface area contributed by atoms with E-state index in [2.05, 4.69) is 35.2 Å². The second kappa shape index (κ2) is 4.99. The summed E-state index contributed by atoms with van der Waals surface area (Å²) in [6.07, 6.45) is 3.60. The van der Waals surface area contributed by atoms with Gasteiger partial charge in [0, 0.05) is 23.3 Å². The van der Waals surface area contributed by atoms with Gasteiger partial charge in [-0.05, 0) is 26.0 Å². The fraction of sp³-hybridized carbons (Fsp3) is 0.364. The molecule has 0 bridgehead atoms. The molecule has 3 nitrogen and oxygen atoms in total.